The first-order valence-corrected chi connectivity index (χ1v) is 15.1. The first kappa shape index (κ1) is 31.6. The molecule has 2 aromatic rings. The fraction of sp³-hybridized carbons (Fsp3) is 0.588. The summed E-state index contributed by atoms with van der Waals surface area (Å²) in [6.07, 6.45) is 13.5. The average molecular weight is 525 g/mol. The molecule has 4 heteroatoms. The topological polar surface area (TPSA) is 36.9 Å². The summed E-state index contributed by atoms with van der Waals surface area (Å²) in [5.74, 6) is 3.21. The summed E-state index contributed by atoms with van der Waals surface area (Å²) in [5.41, 5.74) is 2.96. The van der Waals surface area contributed by atoms with Gasteiger partial charge in [0.05, 0.1) is 26.4 Å². The summed E-state index contributed by atoms with van der Waals surface area (Å²) in [6, 6.07) is 12.3. The molecular weight excluding hydrogens is 472 g/mol. The highest BCUT2D eigenvalue weighted by atomic mass is 16.5. The van der Waals surface area contributed by atoms with Gasteiger partial charge in [-0.3, -0.25) is 0 Å². The predicted octanol–water partition coefficient (Wildman–Crippen LogP) is 10.0. The van der Waals surface area contributed by atoms with Gasteiger partial charge in [-0.15, -0.1) is 0 Å². The van der Waals surface area contributed by atoms with Crippen LogP contribution < -0.4 is 18.9 Å². The lowest BCUT2D eigenvalue weighted by molar-refractivity contribution is 0.259. The number of unbranched alkanes of at least 4 members (excludes halogenated alkanes) is 8. The van der Waals surface area contributed by atoms with Crippen LogP contribution in [0.15, 0.2) is 43.0 Å². The third kappa shape index (κ3) is 11.4. The van der Waals surface area contributed by atoms with Crippen LogP contribution in [0.2, 0.25) is 0 Å². The van der Waals surface area contributed by atoms with Crippen LogP contribution in [0.5, 0.6) is 23.0 Å². The largest absolute Gasteiger partial charge is 0.490 e. The van der Waals surface area contributed by atoms with Gasteiger partial charge in [0.1, 0.15) is 0 Å². The van der Waals surface area contributed by atoms with Gasteiger partial charge in [-0.25, -0.2) is 0 Å². The van der Waals surface area contributed by atoms with E-state index >= 15 is 0 Å². The van der Waals surface area contributed by atoms with Crippen molar-refractivity contribution in [2.75, 3.05) is 26.4 Å². The van der Waals surface area contributed by atoms with E-state index in [0.29, 0.717) is 26.4 Å². The van der Waals surface area contributed by atoms with Gasteiger partial charge >= 0.3 is 0 Å². The summed E-state index contributed by atoms with van der Waals surface area (Å²) in [7, 11) is 0. The summed E-state index contributed by atoms with van der Waals surface area (Å²) < 4.78 is 24.6. The van der Waals surface area contributed by atoms with Crippen LogP contribution in [0.4, 0.5) is 0 Å². The maximum atomic E-state index is 6.20. The van der Waals surface area contributed by atoms with E-state index in [0.717, 1.165) is 78.2 Å². The minimum Gasteiger partial charge on any atom is -0.490 e. The van der Waals surface area contributed by atoms with Gasteiger partial charge in [-0.2, -0.15) is 0 Å². The van der Waals surface area contributed by atoms with Crippen molar-refractivity contribution in [1.82, 2.24) is 0 Å². The molecule has 0 bridgehead atoms. The van der Waals surface area contributed by atoms with Crippen molar-refractivity contribution in [3.05, 3.63) is 54.1 Å². The van der Waals surface area contributed by atoms with Crippen LogP contribution in [0.25, 0.3) is 5.57 Å². The van der Waals surface area contributed by atoms with Crippen molar-refractivity contribution in [3.8, 4) is 23.0 Å². The van der Waals surface area contributed by atoms with Crippen molar-refractivity contribution < 1.29 is 18.9 Å². The van der Waals surface area contributed by atoms with Gasteiger partial charge in [0.2, 0.25) is 0 Å². The Morgan fingerprint density at radius 2 is 0.789 bits per heavy atom. The van der Waals surface area contributed by atoms with Crippen LogP contribution in [-0.4, -0.2) is 26.4 Å². The standard InChI is InChI=1S/C34H52O4/c1-6-10-14-22-35-31-20-18-29(26-33(31)37-24-16-12-8-3)28(5)30-19-21-32(36-23-15-11-7-2)34(27-30)38-25-17-13-9-4/h18-21,26-27H,5-17,22-25H2,1-4H3. The Labute approximate surface area is 232 Å². The van der Waals surface area contributed by atoms with E-state index in [1.165, 1.54) is 38.5 Å². The second kappa shape index (κ2) is 19.4. The third-order valence-corrected chi connectivity index (χ3v) is 6.61. The highest BCUT2D eigenvalue weighted by Gasteiger charge is 2.13. The van der Waals surface area contributed by atoms with E-state index < -0.39 is 0 Å². The highest BCUT2D eigenvalue weighted by molar-refractivity contribution is 5.80. The van der Waals surface area contributed by atoms with Gasteiger partial charge in [0.15, 0.2) is 23.0 Å². The normalized spacial score (nSPS) is 10.8. The van der Waals surface area contributed by atoms with E-state index in [2.05, 4.69) is 58.5 Å². The lowest BCUT2D eigenvalue weighted by Crippen LogP contribution is -2.04. The molecule has 0 aliphatic rings. The summed E-state index contributed by atoms with van der Waals surface area (Å²) in [4.78, 5) is 0. The lowest BCUT2D eigenvalue weighted by Gasteiger charge is -2.17. The maximum Gasteiger partial charge on any atom is 0.161 e. The van der Waals surface area contributed by atoms with Crippen molar-refractivity contribution in [2.24, 2.45) is 0 Å². The Hall–Kier alpha value is -2.62. The fourth-order valence-electron chi connectivity index (χ4n) is 4.16. The fourth-order valence-corrected chi connectivity index (χ4v) is 4.16. The van der Waals surface area contributed by atoms with E-state index in [1.54, 1.807) is 0 Å². The minimum absolute atomic E-state index is 0.689. The van der Waals surface area contributed by atoms with Crippen LogP contribution in [0.3, 0.4) is 0 Å². The van der Waals surface area contributed by atoms with Crippen LogP contribution >= 0.6 is 0 Å². The smallest absolute Gasteiger partial charge is 0.161 e. The second-order valence-corrected chi connectivity index (χ2v) is 10.0. The van der Waals surface area contributed by atoms with Crippen LogP contribution in [0.1, 0.15) is 116 Å². The third-order valence-electron chi connectivity index (χ3n) is 6.61. The molecule has 0 heterocycles. The molecule has 0 spiro atoms. The first-order chi connectivity index (χ1) is 18.6. The Balaban J connectivity index is 2.22. The number of rotatable bonds is 22. The molecule has 0 unspecified atom stereocenters. The van der Waals surface area contributed by atoms with Crippen molar-refractivity contribution in [1.29, 1.82) is 0 Å². The Kier molecular flexibility index (Phi) is 16.2. The zero-order chi connectivity index (χ0) is 27.4. The van der Waals surface area contributed by atoms with Crippen LogP contribution in [-0.2, 0) is 0 Å². The zero-order valence-corrected chi connectivity index (χ0v) is 24.6. The van der Waals surface area contributed by atoms with Gasteiger partial charge in [0, 0.05) is 0 Å². The van der Waals surface area contributed by atoms with Crippen molar-refractivity contribution in [2.45, 2.75) is 105 Å². The van der Waals surface area contributed by atoms with Gasteiger partial charge in [-0.05, 0) is 66.6 Å². The monoisotopic (exact) mass is 524 g/mol. The minimum atomic E-state index is 0.689. The molecule has 0 saturated heterocycles. The molecule has 0 aliphatic carbocycles. The molecule has 0 aliphatic heterocycles. The van der Waals surface area contributed by atoms with Gasteiger partial charge in [-0.1, -0.05) is 97.8 Å². The van der Waals surface area contributed by atoms with E-state index in [4.69, 9.17) is 18.9 Å². The molecule has 0 aromatic heterocycles. The van der Waals surface area contributed by atoms with E-state index in [-0.39, 0.29) is 0 Å². The van der Waals surface area contributed by atoms with E-state index in [9.17, 15) is 0 Å². The molecule has 38 heavy (non-hydrogen) atoms. The number of benzene rings is 2. The Morgan fingerprint density at radius 1 is 0.474 bits per heavy atom. The molecule has 0 atom stereocenters. The molecule has 0 saturated carbocycles. The Bertz CT molecular complexity index is 847. The SMILES string of the molecule is C=C(c1ccc(OCCCCC)c(OCCCCC)c1)c1ccc(OCCCCC)c(OCCCCC)c1. The lowest BCUT2D eigenvalue weighted by atomic mass is 9.98. The molecular formula is C34H52O4. The molecule has 212 valence electrons. The molecule has 0 fully saturated rings. The summed E-state index contributed by atoms with van der Waals surface area (Å²) in [6.45, 7) is 16.0. The quantitative estimate of drug-likeness (QED) is 0.144. The van der Waals surface area contributed by atoms with Crippen LogP contribution in [0, 0.1) is 0 Å². The molecule has 4 nitrogen and oxygen atoms in total. The zero-order valence-electron chi connectivity index (χ0n) is 24.6. The first-order valence-electron chi connectivity index (χ1n) is 15.1. The molecule has 0 N–H and O–H groups in total. The molecule has 0 radical (unpaired) electrons. The second-order valence-electron chi connectivity index (χ2n) is 10.0. The highest BCUT2D eigenvalue weighted by Crippen LogP contribution is 2.36. The van der Waals surface area contributed by atoms with E-state index in [1.807, 2.05) is 12.1 Å². The number of hydrogen-bond acceptors (Lipinski definition) is 4. The Morgan fingerprint density at radius 3 is 1.11 bits per heavy atom. The predicted molar refractivity (Wildman–Crippen MR) is 161 cm³/mol. The molecule has 2 rings (SSSR count). The van der Waals surface area contributed by atoms with Gasteiger partial charge < -0.3 is 18.9 Å². The van der Waals surface area contributed by atoms with Crippen molar-refractivity contribution in [3.63, 3.8) is 0 Å². The van der Waals surface area contributed by atoms with Gasteiger partial charge in [0.25, 0.3) is 0 Å². The number of hydrogen-bond donors (Lipinski definition) is 0. The average Bonchev–Trinajstić information content (AvgIpc) is 2.94. The number of ether oxygens (including phenoxy) is 4. The molecule has 2 aromatic carbocycles. The summed E-state index contributed by atoms with van der Waals surface area (Å²) >= 11 is 0. The molecule has 0 amide bonds. The van der Waals surface area contributed by atoms with Crippen molar-refractivity contribution >= 4 is 5.57 Å². The summed E-state index contributed by atoms with van der Waals surface area (Å²) in [5, 5.41) is 0. The maximum absolute atomic E-state index is 6.20.